The molecule has 0 radical (unpaired) electrons. The molecule has 0 fully saturated rings. The van der Waals surface area contributed by atoms with Gasteiger partial charge >= 0.3 is 0 Å². The Morgan fingerprint density at radius 3 is 2.16 bits per heavy atom. The number of para-hydroxylation sites is 1. The summed E-state index contributed by atoms with van der Waals surface area (Å²) in [5, 5.41) is 5.92. The Balaban J connectivity index is 1.52. The van der Waals surface area contributed by atoms with Crippen molar-refractivity contribution in [2.45, 2.75) is 13.8 Å². The van der Waals surface area contributed by atoms with Crippen molar-refractivity contribution in [2.24, 2.45) is 0 Å². The summed E-state index contributed by atoms with van der Waals surface area (Å²) in [6.45, 7) is 5.28. The van der Waals surface area contributed by atoms with Crippen molar-refractivity contribution in [3.05, 3.63) is 84.4 Å². The van der Waals surface area contributed by atoms with Crippen LogP contribution in [0.4, 0.5) is 11.4 Å². The molecular formula is C25H27N3O3. The number of amides is 2. The molecule has 0 heterocycles. The van der Waals surface area contributed by atoms with Crippen LogP contribution in [0.1, 0.15) is 24.2 Å². The summed E-state index contributed by atoms with van der Waals surface area (Å²) < 4.78 is 5.76. The number of anilines is 2. The zero-order valence-corrected chi connectivity index (χ0v) is 17.8. The highest BCUT2D eigenvalue weighted by atomic mass is 16.5. The molecule has 0 aliphatic carbocycles. The highest BCUT2D eigenvalue weighted by molar-refractivity contribution is 5.98. The summed E-state index contributed by atoms with van der Waals surface area (Å²) >= 11 is 0. The number of ether oxygens (including phenoxy) is 1. The van der Waals surface area contributed by atoms with E-state index in [-0.39, 0.29) is 18.4 Å². The second kappa shape index (κ2) is 10.8. The molecular weight excluding hydrogens is 390 g/mol. The monoisotopic (exact) mass is 417 g/mol. The number of rotatable bonds is 9. The zero-order chi connectivity index (χ0) is 22.1. The highest BCUT2D eigenvalue weighted by Crippen LogP contribution is 2.22. The third kappa shape index (κ3) is 6.34. The summed E-state index contributed by atoms with van der Waals surface area (Å²) in [5.74, 6) is 1.24. The van der Waals surface area contributed by atoms with E-state index in [4.69, 9.17) is 4.74 Å². The number of carbonyl (C=O) groups is 2. The third-order valence-corrected chi connectivity index (χ3v) is 4.73. The number of nitrogens with one attached hydrogen (secondary N) is 2. The maximum absolute atomic E-state index is 12.5. The molecule has 2 N–H and O–H groups in total. The Labute approximate surface area is 182 Å². The molecule has 0 aliphatic rings. The Hall–Kier alpha value is -3.80. The van der Waals surface area contributed by atoms with Crippen LogP contribution in [0.2, 0.25) is 0 Å². The lowest BCUT2D eigenvalue weighted by Crippen LogP contribution is -2.30. The summed E-state index contributed by atoms with van der Waals surface area (Å²) in [5.41, 5.74) is 1.96. The molecule has 3 rings (SSSR count). The maximum Gasteiger partial charge on any atom is 0.253 e. The average molecular weight is 418 g/mol. The van der Waals surface area contributed by atoms with Crippen LogP contribution >= 0.6 is 0 Å². The van der Waals surface area contributed by atoms with Gasteiger partial charge in [0.25, 0.3) is 5.91 Å². The van der Waals surface area contributed by atoms with Crippen LogP contribution in [-0.2, 0) is 4.79 Å². The fraction of sp³-hybridized carbons (Fsp3) is 0.200. The molecule has 0 aromatic heterocycles. The first-order chi connectivity index (χ1) is 15.1. The highest BCUT2D eigenvalue weighted by Gasteiger charge is 2.13. The third-order valence-electron chi connectivity index (χ3n) is 4.73. The van der Waals surface area contributed by atoms with Crippen LogP contribution in [0.5, 0.6) is 11.5 Å². The first kappa shape index (κ1) is 21.9. The van der Waals surface area contributed by atoms with E-state index >= 15 is 0 Å². The smallest absolute Gasteiger partial charge is 0.253 e. The molecule has 0 bridgehead atoms. The molecule has 6 nitrogen and oxygen atoms in total. The normalized spacial score (nSPS) is 10.3. The molecule has 0 unspecified atom stereocenters. The van der Waals surface area contributed by atoms with Crippen LogP contribution in [-0.4, -0.2) is 36.3 Å². The molecule has 160 valence electrons. The van der Waals surface area contributed by atoms with E-state index < -0.39 is 0 Å². The molecule has 0 atom stereocenters. The van der Waals surface area contributed by atoms with E-state index in [1.165, 1.54) is 0 Å². The van der Waals surface area contributed by atoms with Crippen LogP contribution in [0, 0.1) is 0 Å². The van der Waals surface area contributed by atoms with Crippen molar-refractivity contribution in [3.63, 3.8) is 0 Å². The van der Waals surface area contributed by atoms with Crippen molar-refractivity contribution in [1.29, 1.82) is 0 Å². The minimum Gasteiger partial charge on any atom is -0.457 e. The molecule has 0 aliphatic heterocycles. The molecule has 6 heteroatoms. The fourth-order valence-corrected chi connectivity index (χ4v) is 3.08. The lowest BCUT2D eigenvalue weighted by molar-refractivity contribution is -0.114. The summed E-state index contributed by atoms with van der Waals surface area (Å²) in [7, 11) is 0. The van der Waals surface area contributed by atoms with Crippen LogP contribution in [0.15, 0.2) is 78.9 Å². The van der Waals surface area contributed by atoms with Crippen molar-refractivity contribution >= 4 is 23.2 Å². The van der Waals surface area contributed by atoms with Gasteiger partial charge in [-0.2, -0.15) is 0 Å². The van der Waals surface area contributed by atoms with Crippen LogP contribution in [0.3, 0.4) is 0 Å². The van der Waals surface area contributed by atoms with E-state index in [0.717, 1.165) is 17.2 Å². The predicted molar refractivity (Wildman–Crippen MR) is 124 cm³/mol. The van der Waals surface area contributed by atoms with Gasteiger partial charge in [-0.3, -0.25) is 9.59 Å². The van der Waals surface area contributed by atoms with Gasteiger partial charge in [-0.1, -0.05) is 24.3 Å². The Morgan fingerprint density at radius 1 is 0.806 bits per heavy atom. The van der Waals surface area contributed by atoms with E-state index in [0.29, 0.717) is 24.3 Å². The summed E-state index contributed by atoms with van der Waals surface area (Å²) in [6, 6.07) is 23.9. The largest absolute Gasteiger partial charge is 0.457 e. The van der Waals surface area contributed by atoms with Gasteiger partial charge in [0.2, 0.25) is 5.91 Å². The second-order valence-corrected chi connectivity index (χ2v) is 6.90. The van der Waals surface area contributed by atoms with E-state index in [2.05, 4.69) is 10.6 Å². The summed E-state index contributed by atoms with van der Waals surface area (Å²) in [6.07, 6.45) is 0. The molecule has 3 aromatic carbocycles. The number of nitrogens with zero attached hydrogens (tertiary/aromatic N) is 1. The fourth-order valence-electron chi connectivity index (χ4n) is 3.08. The first-order valence-electron chi connectivity index (χ1n) is 10.3. The molecule has 31 heavy (non-hydrogen) atoms. The van der Waals surface area contributed by atoms with E-state index in [1.54, 1.807) is 29.2 Å². The predicted octanol–water partition coefficient (Wildman–Crippen LogP) is 5.01. The van der Waals surface area contributed by atoms with Gasteiger partial charge in [-0.25, -0.2) is 0 Å². The number of benzene rings is 3. The zero-order valence-electron chi connectivity index (χ0n) is 17.8. The first-order valence-corrected chi connectivity index (χ1v) is 10.3. The molecule has 0 spiro atoms. The standard InChI is InChI=1S/C25H27N3O3/c1-3-28(4-2)25(30)19-9-8-10-21(17-19)27-24(29)18-26-20-13-15-23(16-14-20)31-22-11-6-5-7-12-22/h5-17,26H,3-4,18H2,1-2H3,(H,27,29). The van der Waals surface area contributed by atoms with Crippen molar-refractivity contribution in [3.8, 4) is 11.5 Å². The number of hydrogen-bond donors (Lipinski definition) is 2. The Morgan fingerprint density at radius 2 is 1.48 bits per heavy atom. The van der Waals surface area contributed by atoms with Gasteiger partial charge in [0.15, 0.2) is 0 Å². The van der Waals surface area contributed by atoms with Crippen LogP contribution < -0.4 is 15.4 Å². The summed E-state index contributed by atoms with van der Waals surface area (Å²) in [4.78, 5) is 26.6. The number of carbonyl (C=O) groups excluding carboxylic acids is 2. The second-order valence-electron chi connectivity index (χ2n) is 6.90. The van der Waals surface area contributed by atoms with Crippen molar-refractivity contribution in [2.75, 3.05) is 30.3 Å². The lowest BCUT2D eigenvalue weighted by atomic mass is 10.1. The van der Waals surface area contributed by atoms with Crippen molar-refractivity contribution in [1.82, 2.24) is 4.90 Å². The molecule has 3 aromatic rings. The molecule has 0 saturated carbocycles. The van der Waals surface area contributed by atoms with Gasteiger partial charge in [0.1, 0.15) is 11.5 Å². The number of hydrogen-bond acceptors (Lipinski definition) is 4. The average Bonchev–Trinajstić information content (AvgIpc) is 2.80. The van der Waals surface area contributed by atoms with Crippen molar-refractivity contribution < 1.29 is 14.3 Å². The Bertz CT molecular complexity index is 1000. The lowest BCUT2D eigenvalue weighted by Gasteiger charge is -2.19. The topological polar surface area (TPSA) is 70.7 Å². The van der Waals surface area contributed by atoms with Gasteiger partial charge in [0, 0.05) is 30.0 Å². The van der Waals surface area contributed by atoms with E-state index in [1.807, 2.05) is 68.4 Å². The Kier molecular flexibility index (Phi) is 7.65. The minimum atomic E-state index is -0.197. The quantitative estimate of drug-likeness (QED) is 0.513. The van der Waals surface area contributed by atoms with Gasteiger partial charge < -0.3 is 20.3 Å². The maximum atomic E-state index is 12.5. The molecule has 0 saturated heterocycles. The minimum absolute atomic E-state index is 0.0444. The SMILES string of the molecule is CCN(CC)C(=O)c1cccc(NC(=O)CNc2ccc(Oc3ccccc3)cc2)c1. The van der Waals surface area contributed by atoms with E-state index in [9.17, 15) is 9.59 Å². The van der Waals surface area contributed by atoms with Crippen LogP contribution in [0.25, 0.3) is 0 Å². The van der Waals surface area contributed by atoms with Gasteiger partial charge in [-0.05, 0) is 68.4 Å². The molecule has 2 amide bonds. The van der Waals surface area contributed by atoms with Gasteiger partial charge in [-0.15, -0.1) is 0 Å². The van der Waals surface area contributed by atoms with Gasteiger partial charge in [0.05, 0.1) is 6.54 Å².